The van der Waals surface area contributed by atoms with Gasteiger partial charge in [0.15, 0.2) is 5.65 Å². The van der Waals surface area contributed by atoms with Crippen LogP contribution in [-0.4, -0.2) is 20.2 Å². The molecule has 2 heterocycles. The minimum Gasteiger partial charge on any atom is -0.259 e. The third-order valence-corrected chi connectivity index (χ3v) is 1.69. The molecule has 4 heteroatoms. The molecule has 0 saturated heterocycles. The summed E-state index contributed by atoms with van der Waals surface area (Å²) in [5, 5.41) is 6.60. The summed E-state index contributed by atoms with van der Waals surface area (Å²) in [6.07, 6.45) is 1.68. The van der Waals surface area contributed by atoms with Crippen LogP contribution in [0.2, 0.25) is 0 Å². The second kappa shape index (κ2) is 2.02. The highest BCUT2D eigenvalue weighted by atomic mass is 15.1. The van der Waals surface area contributed by atoms with E-state index in [9.17, 15) is 0 Å². The van der Waals surface area contributed by atoms with Crippen molar-refractivity contribution in [2.45, 2.75) is 13.8 Å². The summed E-state index contributed by atoms with van der Waals surface area (Å²) < 4.78 is 0. The van der Waals surface area contributed by atoms with Crippen LogP contribution in [0.4, 0.5) is 0 Å². The zero-order valence-corrected chi connectivity index (χ0v) is 6.42. The first-order chi connectivity index (χ1) is 5.27. The van der Waals surface area contributed by atoms with Crippen LogP contribution in [0, 0.1) is 13.8 Å². The molecule has 0 saturated carbocycles. The summed E-state index contributed by atoms with van der Waals surface area (Å²) in [6.45, 7) is 3.87. The molecule has 0 atom stereocenters. The van der Waals surface area contributed by atoms with Crippen molar-refractivity contribution in [3.05, 3.63) is 17.6 Å². The fourth-order valence-corrected chi connectivity index (χ4v) is 0.947. The quantitative estimate of drug-likeness (QED) is 0.605. The molecule has 0 unspecified atom stereocenters. The number of hydrogen-bond acceptors (Lipinski definition) is 3. The second-order valence-corrected chi connectivity index (χ2v) is 2.50. The van der Waals surface area contributed by atoms with Gasteiger partial charge in [-0.1, -0.05) is 0 Å². The molecule has 0 aliphatic carbocycles. The van der Waals surface area contributed by atoms with Gasteiger partial charge in [0.2, 0.25) is 0 Å². The zero-order valence-electron chi connectivity index (χ0n) is 6.42. The first-order valence-electron chi connectivity index (χ1n) is 3.41. The Labute approximate surface area is 63.7 Å². The van der Waals surface area contributed by atoms with Crippen molar-refractivity contribution in [3.63, 3.8) is 0 Å². The van der Waals surface area contributed by atoms with Crippen LogP contribution >= 0.6 is 0 Å². The van der Waals surface area contributed by atoms with Crippen LogP contribution in [0.3, 0.4) is 0 Å². The van der Waals surface area contributed by atoms with Crippen LogP contribution in [-0.2, 0) is 0 Å². The van der Waals surface area contributed by atoms with Gasteiger partial charge in [0, 0.05) is 0 Å². The number of nitrogens with zero attached hydrogens (tertiary/aromatic N) is 3. The van der Waals surface area contributed by atoms with Gasteiger partial charge >= 0.3 is 0 Å². The molecular formula is C7H8N4. The SMILES string of the molecule is Cc1nc2cn[nH]c2nc1C. The van der Waals surface area contributed by atoms with E-state index in [0.717, 1.165) is 22.6 Å². The summed E-state index contributed by atoms with van der Waals surface area (Å²) in [4.78, 5) is 8.53. The van der Waals surface area contributed by atoms with E-state index in [2.05, 4.69) is 20.2 Å². The molecular weight excluding hydrogens is 140 g/mol. The molecule has 1 N–H and O–H groups in total. The third kappa shape index (κ3) is 0.869. The maximum absolute atomic E-state index is 4.28. The van der Waals surface area contributed by atoms with E-state index in [0.29, 0.717) is 0 Å². The van der Waals surface area contributed by atoms with E-state index in [4.69, 9.17) is 0 Å². The first kappa shape index (κ1) is 6.27. The Morgan fingerprint density at radius 3 is 2.73 bits per heavy atom. The van der Waals surface area contributed by atoms with E-state index < -0.39 is 0 Å². The topological polar surface area (TPSA) is 54.5 Å². The Kier molecular flexibility index (Phi) is 1.15. The van der Waals surface area contributed by atoms with Crippen LogP contribution in [0.15, 0.2) is 6.20 Å². The molecule has 4 nitrogen and oxygen atoms in total. The normalized spacial score (nSPS) is 10.7. The Hall–Kier alpha value is -1.45. The third-order valence-electron chi connectivity index (χ3n) is 1.69. The molecule has 0 aromatic carbocycles. The largest absolute Gasteiger partial charge is 0.259 e. The van der Waals surface area contributed by atoms with Gasteiger partial charge in [0.05, 0.1) is 17.6 Å². The second-order valence-electron chi connectivity index (χ2n) is 2.50. The molecule has 2 aromatic rings. The Morgan fingerprint density at radius 1 is 1.18 bits per heavy atom. The minimum atomic E-state index is 0.758. The fraction of sp³-hybridized carbons (Fsp3) is 0.286. The highest BCUT2D eigenvalue weighted by Gasteiger charge is 2.00. The number of hydrogen-bond donors (Lipinski definition) is 1. The zero-order chi connectivity index (χ0) is 7.84. The lowest BCUT2D eigenvalue weighted by atomic mass is 10.3. The van der Waals surface area contributed by atoms with Crippen molar-refractivity contribution >= 4 is 11.2 Å². The van der Waals surface area contributed by atoms with Gasteiger partial charge < -0.3 is 0 Å². The predicted octanol–water partition coefficient (Wildman–Crippen LogP) is 0.970. The molecule has 2 aromatic heterocycles. The van der Waals surface area contributed by atoms with E-state index in [1.807, 2.05) is 13.8 Å². The van der Waals surface area contributed by atoms with Crippen LogP contribution in [0.1, 0.15) is 11.4 Å². The van der Waals surface area contributed by atoms with Crippen molar-refractivity contribution < 1.29 is 0 Å². The van der Waals surface area contributed by atoms with E-state index in [1.54, 1.807) is 6.20 Å². The van der Waals surface area contributed by atoms with E-state index >= 15 is 0 Å². The van der Waals surface area contributed by atoms with Crippen LogP contribution < -0.4 is 0 Å². The summed E-state index contributed by atoms with van der Waals surface area (Å²) in [5.74, 6) is 0. The maximum atomic E-state index is 4.28. The summed E-state index contributed by atoms with van der Waals surface area (Å²) in [7, 11) is 0. The Bertz CT molecular complexity index is 354. The van der Waals surface area contributed by atoms with Gasteiger partial charge in [-0.05, 0) is 13.8 Å². The molecule has 56 valence electrons. The average Bonchev–Trinajstić information content (AvgIpc) is 2.36. The summed E-state index contributed by atoms with van der Waals surface area (Å²) in [5.41, 5.74) is 3.49. The molecule has 0 spiro atoms. The standard InChI is InChI=1S/C7H8N4/c1-4-5(2)10-7-6(9-4)3-8-11-7/h3H,1-2H3,(H,8,10,11). The molecule has 0 fully saturated rings. The highest BCUT2D eigenvalue weighted by molar-refractivity contribution is 5.68. The van der Waals surface area contributed by atoms with Gasteiger partial charge in [0.25, 0.3) is 0 Å². The fourth-order valence-electron chi connectivity index (χ4n) is 0.947. The van der Waals surface area contributed by atoms with Gasteiger partial charge in [-0.15, -0.1) is 0 Å². The van der Waals surface area contributed by atoms with Gasteiger partial charge in [0.1, 0.15) is 5.52 Å². The Morgan fingerprint density at radius 2 is 1.91 bits per heavy atom. The van der Waals surface area contributed by atoms with E-state index in [1.165, 1.54) is 0 Å². The Balaban J connectivity index is 2.86. The summed E-state index contributed by atoms with van der Waals surface area (Å²) >= 11 is 0. The predicted molar refractivity (Wildman–Crippen MR) is 41.2 cm³/mol. The van der Waals surface area contributed by atoms with Crippen molar-refractivity contribution in [3.8, 4) is 0 Å². The van der Waals surface area contributed by atoms with Gasteiger partial charge in [-0.3, -0.25) is 5.10 Å². The molecule has 0 aliphatic rings. The van der Waals surface area contributed by atoms with Crippen LogP contribution in [0.25, 0.3) is 11.2 Å². The number of nitrogens with one attached hydrogen (secondary N) is 1. The molecule has 0 amide bonds. The minimum absolute atomic E-state index is 0.758. The number of H-pyrrole nitrogens is 1. The van der Waals surface area contributed by atoms with Crippen molar-refractivity contribution in [1.29, 1.82) is 0 Å². The molecule has 0 aliphatic heterocycles. The lowest BCUT2D eigenvalue weighted by Crippen LogP contribution is -1.91. The number of rotatable bonds is 0. The van der Waals surface area contributed by atoms with E-state index in [-0.39, 0.29) is 0 Å². The van der Waals surface area contributed by atoms with Crippen molar-refractivity contribution in [1.82, 2.24) is 20.2 Å². The maximum Gasteiger partial charge on any atom is 0.174 e. The molecule has 0 radical (unpaired) electrons. The number of aryl methyl sites for hydroxylation is 2. The first-order valence-corrected chi connectivity index (χ1v) is 3.41. The van der Waals surface area contributed by atoms with Gasteiger partial charge in [-0.25, -0.2) is 9.97 Å². The average molecular weight is 148 g/mol. The smallest absolute Gasteiger partial charge is 0.174 e. The van der Waals surface area contributed by atoms with Crippen LogP contribution in [0.5, 0.6) is 0 Å². The van der Waals surface area contributed by atoms with Crippen molar-refractivity contribution in [2.75, 3.05) is 0 Å². The monoisotopic (exact) mass is 148 g/mol. The van der Waals surface area contributed by atoms with Gasteiger partial charge in [-0.2, -0.15) is 5.10 Å². The van der Waals surface area contributed by atoms with Crippen molar-refractivity contribution in [2.24, 2.45) is 0 Å². The lowest BCUT2D eigenvalue weighted by molar-refractivity contribution is 1.06. The number of aromatic nitrogens is 4. The molecule has 0 bridgehead atoms. The lowest BCUT2D eigenvalue weighted by Gasteiger charge is -1.95. The number of fused-ring (bicyclic) bond motifs is 1. The number of aromatic amines is 1. The summed E-state index contributed by atoms with van der Waals surface area (Å²) in [6, 6.07) is 0. The highest BCUT2D eigenvalue weighted by Crippen LogP contribution is 2.07. The molecule has 11 heavy (non-hydrogen) atoms. The molecule has 2 rings (SSSR count).